The Hall–Kier alpha value is -2.68. The summed E-state index contributed by atoms with van der Waals surface area (Å²) in [6, 6.07) is 10.1. The molecule has 0 fully saturated rings. The lowest BCUT2D eigenvalue weighted by Crippen LogP contribution is -2.31. The minimum Gasteiger partial charge on any atom is -0.481 e. The van der Waals surface area contributed by atoms with Crippen LogP contribution in [0.25, 0.3) is 10.9 Å². The number of sulfonamides is 1. The maximum atomic E-state index is 12.9. The average Bonchev–Trinajstić information content (AvgIpc) is 2.77. The molecule has 9 heteroatoms. The van der Waals surface area contributed by atoms with Gasteiger partial charge in [0.15, 0.2) is 6.61 Å². The standard InChI is InChI=1S/C23H26ClN3O4S/c1-5-27(6-2)32(29,30)17-12-15(3)16(4)20(13-17)26-22(28)14-31-21-10-9-19(24)18-8-7-11-25-23(18)21/h7-13H,5-6,14H2,1-4H3,(H,26,28). The van der Waals surface area contributed by atoms with E-state index in [9.17, 15) is 13.2 Å². The summed E-state index contributed by atoms with van der Waals surface area (Å²) >= 11 is 6.20. The van der Waals surface area contributed by atoms with Crippen molar-refractivity contribution in [2.24, 2.45) is 0 Å². The van der Waals surface area contributed by atoms with E-state index in [-0.39, 0.29) is 11.5 Å². The Morgan fingerprint density at radius 2 is 1.88 bits per heavy atom. The van der Waals surface area contributed by atoms with Crippen molar-refractivity contribution in [2.45, 2.75) is 32.6 Å². The summed E-state index contributed by atoms with van der Waals surface area (Å²) in [6.07, 6.45) is 1.62. The van der Waals surface area contributed by atoms with Crippen molar-refractivity contribution in [2.75, 3.05) is 25.0 Å². The first-order chi connectivity index (χ1) is 15.2. The summed E-state index contributed by atoms with van der Waals surface area (Å²) in [6.45, 7) is 7.69. The number of pyridine rings is 1. The molecule has 0 bridgehead atoms. The lowest BCUT2D eigenvalue weighted by molar-refractivity contribution is -0.118. The van der Waals surface area contributed by atoms with E-state index in [1.807, 2.05) is 19.9 Å². The zero-order valence-electron chi connectivity index (χ0n) is 18.5. The third-order valence-electron chi connectivity index (χ3n) is 5.30. The number of halogens is 1. The molecule has 1 heterocycles. The summed E-state index contributed by atoms with van der Waals surface area (Å²) in [5.74, 6) is 0.0230. The van der Waals surface area contributed by atoms with Gasteiger partial charge in [0.25, 0.3) is 5.91 Å². The number of carbonyl (C=O) groups excluding carboxylic acids is 1. The molecule has 1 amide bonds. The van der Waals surface area contributed by atoms with Gasteiger partial charge in [-0.2, -0.15) is 4.31 Å². The monoisotopic (exact) mass is 475 g/mol. The van der Waals surface area contributed by atoms with Gasteiger partial charge in [-0.1, -0.05) is 25.4 Å². The normalized spacial score (nSPS) is 11.7. The molecular formula is C23H26ClN3O4S. The Morgan fingerprint density at radius 3 is 2.56 bits per heavy atom. The van der Waals surface area contributed by atoms with E-state index in [0.717, 1.165) is 16.5 Å². The van der Waals surface area contributed by atoms with E-state index < -0.39 is 15.9 Å². The molecule has 0 aliphatic carbocycles. The van der Waals surface area contributed by atoms with Crippen LogP contribution in [0.1, 0.15) is 25.0 Å². The van der Waals surface area contributed by atoms with Gasteiger partial charge in [-0.15, -0.1) is 0 Å². The van der Waals surface area contributed by atoms with Crippen molar-refractivity contribution in [1.29, 1.82) is 0 Å². The molecule has 170 valence electrons. The van der Waals surface area contributed by atoms with Gasteiger partial charge in [0, 0.05) is 30.4 Å². The second-order valence-electron chi connectivity index (χ2n) is 7.28. The van der Waals surface area contributed by atoms with Crippen LogP contribution in [0.3, 0.4) is 0 Å². The fourth-order valence-electron chi connectivity index (χ4n) is 3.38. The molecule has 32 heavy (non-hydrogen) atoms. The number of benzene rings is 2. The minimum absolute atomic E-state index is 0.147. The topological polar surface area (TPSA) is 88.6 Å². The lowest BCUT2D eigenvalue weighted by Gasteiger charge is -2.20. The molecule has 2 aromatic carbocycles. The number of fused-ring (bicyclic) bond motifs is 1. The highest BCUT2D eigenvalue weighted by Crippen LogP contribution is 2.30. The van der Waals surface area contributed by atoms with Gasteiger partial charge in [0.2, 0.25) is 10.0 Å². The quantitative estimate of drug-likeness (QED) is 0.516. The maximum absolute atomic E-state index is 12.9. The van der Waals surface area contributed by atoms with Crippen LogP contribution in [0.4, 0.5) is 5.69 Å². The summed E-state index contributed by atoms with van der Waals surface area (Å²) in [7, 11) is -3.65. The molecule has 0 aliphatic heterocycles. The van der Waals surface area contributed by atoms with Crippen molar-refractivity contribution in [3.05, 3.63) is 58.7 Å². The minimum atomic E-state index is -3.65. The third kappa shape index (κ3) is 4.87. The molecule has 0 aliphatic rings. The number of hydrogen-bond acceptors (Lipinski definition) is 5. The summed E-state index contributed by atoms with van der Waals surface area (Å²) in [5.41, 5.74) is 2.55. The third-order valence-corrected chi connectivity index (χ3v) is 7.65. The fraction of sp³-hybridized carbons (Fsp3) is 0.304. The van der Waals surface area contributed by atoms with Gasteiger partial charge in [0.1, 0.15) is 11.3 Å². The highest BCUT2D eigenvalue weighted by molar-refractivity contribution is 7.89. The SMILES string of the molecule is CCN(CC)S(=O)(=O)c1cc(C)c(C)c(NC(=O)COc2ccc(Cl)c3cccnc23)c1. The van der Waals surface area contributed by atoms with Crippen LogP contribution in [-0.2, 0) is 14.8 Å². The molecule has 3 rings (SSSR count). The largest absolute Gasteiger partial charge is 0.481 e. The Kier molecular flexibility index (Phi) is 7.38. The Labute approximate surface area is 193 Å². The van der Waals surface area contributed by atoms with E-state index >= 15 is 0 Å². The van der Waals surface area contributed by atoms with Gasteiger partial charge in [-0.05, 0) is 61.4 Å². The van der Waals surface area contributed by atoms with Gasteiger partial charge in [0.05, 0.1) is 9.92 Å². The van der Waals surface area contributed by atoms with Crippen LogP contribution in [0, 0.1) is 13.8 Å². The summed E-state index contributed by atoms with van der Waals surface area (Å²) < 4.78 is 32.9. The Bertz CT molecular complexity index is 1260. The van der Waals surface area contributed by atoms with Crippen LogP contribution in [0.2, 0.25) is 5.02 Å². The first-order valence-electron chi connectivity index (χ1n) is 10.3. The van der Waals surface area contributed by atoms with Gasteiger partial charge < -0.3 is 10.1 Å². The molecule has 0 saturated carbocycles. The first kappa shape index (κ1) is 24.0. The van der Waals surface area contributed by atoms with E-state index in [1.165, 1.54) is 10.4 Å². The second kappa shape index (κ2) is 9.85. The Balaban J connectivity index is 1.81. The number of nitrogens with zero attached hydrogens (tertiary/aromatic N) is 2. The molecule has 0 spiro atoms. The lowest BCUT2D eigenvalue weighted by atomic mass is 10.1. The molecule has 1 N–H and O–H groups in total. The molecule has 1 aromatic heterocycles. The molecule has 0 atom stereocenters. The number of aryl methyl sites for hydroxylation is 1. The van der Waals surface area contributed by atoms with E-state index in [2.05, 4.69) is 10.3 Å². The number of ether oxygens (including phenoxy) is 1. The zero-order chi connectivity index (χ0) is 23.5. The van der Waals surface area contributed by atoms with Crippen molar-refractivity contribution in [3.8, 4) is 5.75 Å². The summed E-state index contributed by atoms with van der Waals surface area (Å²) in [5, 5.41) is 4.05. The number of anilines is 1. The second-order valence-corrected chi connectivity index (χ2v) is 9.63. The van der Waals surface area contributed by atoms with E-state index in [0.29, 0.717) is 35.1 Å². The number of aromatic nitrogens is 1. The Morgan fingerprint density at radius 1 is 1.16 bits per heavy atom. The fourth-order valence-corrected chi connectivity index (χ4v) is 5.16. The van der Waals surface area contributed by atoms with E-state index in [1.54, 1.807) is 44.3 Å². The molecule has 0 saturated heterocycles. The number of hydrogen-bond donors (Lipinski definition) is 1. The predicted molar refractivity (Wildman–Crippen MR) is 127 cm³/mol. The molecule has 0 radical (unpaired) electrons. The molecular weight excluding hydrogens is 450 g/mol. The highest BCUT2D eigenvalue weighted by Gasteiger charge is 2.23. The van der Waals surface area contributed by atoms with Crippen molar-refractivity contribution < 1.29 is 17.9 Å². The molecule has 7 nitrogen and oxygen atoms in total. The predicted octanol–water partition coefficient (Wildman–Crippen LogP) is 4.55. The highest BCUT2D eigenvalue weighted by atomic mass is 35.5. The number of nitrogens with one attached hydrogen (secondary N) is 1. The van der Waals surface area contributed by atoms with E-state index in [4.69, 9.17) is 16.3 Å². The van der Waals surface area contributed by atoms with Crippen LogP contribution < -0.4 is 10.1 Å². The van der Waals surface area contributed by atoms with Crippen molar-refractivity contribution in [3.63, 3.8) is 0 Å². The number of carbonyl (C=O) groups is 1. The van der Waals surface area contributed by atoms with Gasteiger partial charge >= 0.3 is 0 Å². The van der Waals surface area contributed by atoms with Crippen LogP contribution >= 0.6 is 11.6 Å². The van der Waals surface area contributed by atoms with Crippen LogP contribution in [0.5, 0.6) is 5.75 Å². The summed E-state index contributed by atoms with van der Waals surface area (Å²) in [4.78, 5) is 17.1. The van der Waals surface area contributed by atoms with Gasteiger partial charge in [-0.25, -0.2) is 8.42 Å². The van der Waals surface area contributed by atoms with Crippen LogP contribution in [-0.4, -0.2) is 43.3 Å². The van der Waals surface area contributed by atoms with Gasteiger partial charge in [-0.3, -0.25) is 9.78 Å². The average molecular weight is 476 g/mol. The smallest absolute Gasteiger partial charge is 0.262 e. The zero-order valence-corrected chi connectivity index (χ0v) is 20.0. The maximum Gasteiger partial charge on any atom is 0.262 e. The number of rotatable bonds is 8. The number of amides is 1. The first-order valence-corrected chi connectivity index (χ1v) is 12.1. The molecule has 3 aromatic rings. The van der Waals surface area contributed by atoms with Crippen molar-refractivity contribution >= 4 is 44.1 Å². The molecule has 0 unspecified atom stereocenters. The van der Waals surface area contributed by atoms with Crippen molar-refractivity contribution in [1.82, 2.24) is 9.29 Å². The van der Waals surface area contributed by atoms with Crippen LogP contribution in [0.15, 0.2) is 47.5 Å².